The number of aromatic nitrogens is 1. The van der Waals surface area contributed by atoms with Gasteiger partial charge >= 0.3 is 12.5 Å². The predicted octanol–water partition coefficient (Wildman–Crippen LogP) is 4.34. The van der Waals surface area contributed by atoms with Crippen LogP contribution in [0.1, 0.15) is 11.3 Å². The highest BCUT2D eigenvalue weighted by Gasteiger charge is 2.42. The van der Waals surface area contributed by atoms with E-state index in [4.69, 9.17) is 11.6 Å². The monoisotopic (exact) mass is 405 g/mol. The molecule has 0 aliphatic rings. The molecule has 1 aromatic heterocycles. The molecule has 0 amide bonds. The molecule has 0 radical (unpaired) electrons. The summed E-state index contributed by atoms with van der Waals surface area (Å²) >= 11 is 6.68. The van der Waals surface area contributed by atoms with Crippen LogP contribution in [0.3, 0.4) is 0 Å². The molecule has 0 saturated heterocycles. The van der Waals surface area contributed by atoms with E-state index >= 15 is 0 Å². The van der Waals surface area contributed by atoms with E-state index in [0.29, 0.717) is 0 Å². The number of alkyl halides is 7. The van der Waals surface area contributed by atoms with Gasteiger partial charge in [-0.05, 0) is 22.6 Å². The van der Waals surface area contributed by atoms with E-state index in [1.165, 1.54) is 22.6 Å². The van der Waals surface area contributed by atoms with Crippen molar-refractivity contribution in [2.24, 2.45) is 0 Å². The lowest BCUT2D eigenvalue weighted by atomic mass is 10.2. The smallest absolute Gasteiger partial charge is 0.402 e. The van der Waals surface area contributed by atoms with Crippen molar-refractivity contribution in [1.82, 2.24) is 4.98 Å². The summed E-state index contributed by atoms with van der Waals surface area (Å²) in [6.07, 6.45) is -9.53. The Hall–Kier alpha value is -0.450. The number of ether oxygens (including phenoxy) is 1. The number of rotatable bonds is 2. The molecule has 0 spiro atoms. The van der Waals surface area contributed by atoms with Gasteiger partial charge in [-0.3, -0.25) is 0 Å². The molecule has 0 aliphatic carbocycles. The quantitative estimate of drug-likeness (QED) is 0.415. The van der Waals surface area contributed by atoms with E-state index in [-0.39, 0.29) is 15.0 Å². The Balaban J connectivity index is 3.41. The zero-order valence-corrected chi connectivity index (χ0v) is 11.1. The SMILES string of the molecule is FC(F)(F)Oc1c(C(F)(F)F)ncc(CCl)c1I. The standard InChI is InChI=1S/C8H3ClF6INO/c9-1-3-2-17-6(7(10,11)12)5(4(3)16)18-8(13,14)15/h2H,1H2. The molecule has 0 fully saturated rings. The van der Waals surface area contributed by atoms with Crippen LogP contribution in [0.25, 0.3) is 0 Å². The molecule has 1 heterocycles. The summed E-state index contributed by atoms with van der Waals surface area (Å²) in [4.78, 5) is 2.93. The molecule has 0 bridgehead atoms. The number of pyridine rings is 1. The average Bonchev–Trinajstić information content (AvgIpc) is 2.17. The fourth-order valence-corrected chi connectivity index (χ4v) is 2.14. The third kappa shape index (κ3) is 3.77. The summed E-state index contributed by atoms with van der Waals surface area (Å²) in [5, 5.41) is 0. The summed E-state index contributed by atoms with van der Waals surface area (Å²) in [5.41, 5.74) is -1.72. The van der Waals surface area contributed by atoms with Gasteiger partial charge in [0.05, 0.1) is 9.45 Å². The minimum absolute atomic E-state index is 0.0181. The van der Waals surface area contributed by atoms with Crippen molar-refractivity contribution < 1.29 is 31.1 Å². The van der Waals surface area contributed by atoms with Crippen molar-refractivity contribution in [2.75, 3.05) is 0 Å². The number of nitrogens with zero attached hydrogens (tertiary/aromatic N) is 1. The van der Waals surface area contributed by atoms with Gasteiger partial charge in [-0.15, -0.1) is 24.8 Å². The van der Waals surface area contributed by atoms with Gasteiger partial charge in [0.2, 0.25) is 0 Å². The van der Waals surface area contributed by atoms with Gasteiger partial charge in [0, 0.05) is 11.8 Å². The van der Waals surface area contributed by atoms with Crippen molar-refractivity contribution in [3.8, 4) is 5.75 Å². The minimum Gasteiger partial charge on any atom is -0.402 e. The van der Waals surface area contributed by atoms with Gasteiger partial charge < -0.3 is 4.74 Å². The number of hydrogen-bond acceptors (Lipinski definition) is 2. The molecule has 0 aromatic carbocycles. The second-order valence-corrected chi connectivity index (χ2v) is 4.30. The molecule has 0 unspecified atom stereocenters. The highest BCUT2D eigenvalue weighted by molar-refractivity contribution is 14.1. The second-order valence-electron chi connectivity index (χ2n) is 2.95. The summed E-state index contributed by atoms with van der Waals surface area (Å²) in [6.45, 7) is 0. The van der Waals surface area contributed by atoms with Crippen molar-refractivity contribution >= 4 is 34.2 Å². The first-order chi connectivity index (χ1) is 8.06. The van der Waals surface area contributed by atoms with E-state index in [1.54, 1.807) is 0 Å². The Morgan fingerprint density at radius 3 is 2.17 bits per heavy atom. The molecule has 0 saturated carbocycles. The van der Waals surface area contributed by atoms with Crippen molar-refractivity contribution in [3.05, 3.63) is 21.0 Å². The van der Waals surface area contributed by atoms with E-state index in [0.717, 1.165) is 6.20 Å². The van der Waals surface area contributed by atoms with Crippen LogP contribution in [-0.4, -0.2) is 11.3 Å². The molecule has 1 rings (SSSR count). The number of halogens is 8. The van der Waals surface area contributed by atoms with Crippen LogP contribution in [0.15, 0.2) is 6.20 Å². The van der Waals surface area contributed by atoms with E-state index in [2.05, 4.69) is 9.72 Å². The molecule has 2 nitrogen and oxygen atoms in total. The van der Waals surface area contributed by atoms with Gasteiger partial charge in [0.25, 0.3) is 0 Å². The molecule has 18 heavy (non-hydrogen) atoms. The Kier molecular flexibility index (Phi) is 4.57. The van der Waals surface area contributed by atoms with Gasteiger partial charge in [-0.25, -0.2) is 4.98 Å². The Morgan fingerprint density at radius 2 is 1.78 bits per heavy atom. The van der Waals surface area contributed by atoms with E-state index < -0.39 is 24.0 Å². The van der Waals surface area contributed by atoms with Gasteiger partial charge in [-0.2, -0.15) is 13.2 Å². The molecule has 1 aromatic rings. The Bertz CT molecular complexity index is 446. The summed E-state index contributed by atoms with van der Waals surface area (Å²) < 4.78 is 76.7. The van der Waals surface area contributed by atoms with Crippen LogP contribution < -0.4 is 4.74 Å². The lowest BCUT2D eigenvalue weighted by molar-refractivity contribution is -0.276. The molecule has 0 atom stereocenters. The number of hydrogen-bond donors (Lipinski definition) is 0. The zero-order valence-electron chi connectivity index (χ0n) is 8.16. The maximum Gasteiger partial charge on any atom is 0.573 e. The Morgan fingerprint density at radius 1 is 1.22 bits per heavy atom. The van der Waals surface area contributed by atoms with Gasteiger partial charge in [-0.1, -0.05) is 0 Å². The van der Waals surface area contributed by atoms with E-state index in [1.807, 2.05) is 0 Å². The lowest BCUT2D eigenvalue weighted by Crippen LogP contribution is -2.22. The van der Waals surface area contributed by atoms with Gasteiger partial charge in [0.15, 0.2) is 11.4 Å². The van der Waals surface area contributed by atoms with Crippen molar-refractivity contribution in [1.29, 1.82) is 0 Å². The minimum atomic E-state index is -5.24. The van der Waals surface area contributed by atoms with Crippen LogP contribution in [0.5, 0.6) is 5.75 Å². The van der Waals surface area contributed by atoms with Crippen molar-refractivity contribution in [3.63, 3.8) is 0 Å². The molecule has 10 heteroatoms. The lowest BCUT2D eigenvalue weighted by Gasteiger charge is -2.17. The molecule has 102 valence electrons. The Labute approximate surface area is 115 Å². The van der Waals surface area contributed by atoms with Crippen LogP contribution >= 0.6 is 34.2 Å². The largest absolute Gasteiger partial charge is 0.573 e. The molecular weight excluding hydrogens is 402 g/mol. The highest BCUT2D eigenvalue weighted by atomic mass is 127. The van der Waals surface area contributed by atoms with Gasteiger partial charge in [0.1, 0.15) is 0 Å². The fourth-order valence-electron chi connectivity index (χ4n) is 1.01. The fraction of sp³-hybridized carbons (Fsp3) is 0.375. The first-order valence-electron chi connectivity index (χ1n) is 4.12. The van der Waals surface area contributed by atoms with E-state index in [9.17, 15) is 26.3 Å². The topological polar surface area (TPSA) is 22.1 Å². The maximum atomic E-state index is 12.5. The molecule has 0 N–H and O–H groups in total. The third-order valence-electron chi connectivity index (χ3n) is 1.68. The first-order valence-corrected chi connectivity index (χ1v) is 5.74. The average molecular weight is 405 g/mol. The van der Waals surface area contributed by atoms with Crippen LogP contribution in [0.4, 0.5) is 26.3 Å². The predicted molar refractivity (Wildman–Crippen MR) is 58.2 cm³/mol. The van der Waals surface area contributed by atoms with Crippen LogP contribution in [-0.2, 0) is 12.1 Å². The van der Waals surface area contributed by atoms with Crippen molar-refractivity contribution in [2.45, 2.75) is 18.4 Å². The molecular formula is C8H3ClF6INO. The summed E-state index contributed by atoms with van der Waals surface area (Å²) in [5.74, 6) is -1.66. The first kappa shape index (κ1) is 15.6. The van der Waals surface area contributed by atoms with Crippen LogP contribution in [0, 0.1) is 3.57 Å². The highest BCUT2D eigenvalue weighted by Crippen LogP contribution is 2.40. The summed E-state index contributed by atoms with van der Waals surface area (Å²) in [7, 11) is 0. The normalized spacial score (nSPS) is 12.7. The zero-order chi connectivity index (χ0) is 14.1. The second kappa shape index (κ2) is 5.27. The summed E-state index contributed by atoms with van der Waals surface area (Å²) in [6, 6.07) is 0. The van der Waals surface area contributed by atoms with Crippen LogP contribution in [0.2, 0.25) is 0 Å². The third-order valence-corrected chi connectivity index (χ3v) is 3.15. The molecule has 0 aliphatic heterocycles. The maximum absolute atomic E-state index is 12.5.